The molecule has 2 aromatic heterocycles. The summed E-state index contributed by atoms with van der Waals surface area (Å²) in [6.45, 7) is 6.29. The highest BCUT2D eigenvalue weighted by molar-refractivity contribution is 7.21. The Kier molecular flexibility index (Phi) is 4.92. The van der Waals surface area contributed by atoms with Gasteiger partial charge in [0.05, 0.1) is 16.9 Å². The van der Waals surface area contributed by atoms with E-state index in [0.29, 0.717) is 22.7 Å². The fraction of sp³-hybridized carbons (Fsp3) is 0.280. The number of anilines is 2. The van der Waals surface area contributed by atoms with Crippen LogP contribution >= 0.6 is 11.3 Å². The Bertz CT molecular complexity index is 1390. The number of rotatable bonds is 2. The maximum Gasteiger partial charge on any atom is 0.263 e. The van der Waals surface area contributed by atoms with Crippen LogP contribution in [0.2, 0.25) is 0 Å². The number of benzene rings is 2. The van der Waals surface area contributed by atoms with E-state index >= 15 is 0 Å². The number of carbonyl (C=O) groups excluding carboxylic acids is 1. The summed E-state index contributed by atoms with van der Waals surface area (Å²) >= 11 is 1.49. The van der Waals surface area contributed by atoms with Gasteiger partial charge in [-0.25, -0.2) is 9.37 Å². The van der Waals surface area contributed by atoms with Crippen LogP contribution in [0.25, 0.3) is 32.2 Å². The first kappa shape index (κ1) is 20.4. The van der Waals surface area contributed by atoms with Crippen LogP contribution in [0.3, 0.4) is 0 Å². The van der Waals surface area contributed by atoms with Gasteiger partial charge < -0.3 is 20.9 Å². The molecule has 0 aliphatic carbocycles. The number of halogens is 1. The normalized spacial score (nSPS) is 18.7. The molecule has 4 heterocycles. The molecule has 0 spiro atoms. The summed E-state index contributed by atoms with van der Waals surface area (Å²) in [4.78, 5) is 20.5. The van der Waals surface area contributed by atoms with Gasteiger partial charge in [0.15, 0.2) is 0 Å². The quantitative estimate of drug-likeness (QED) is 0.417. The molecule has 1 atom stereocenters. The fourth-order valence-electron chi connectivity index (χ4n) is 4.70. The Hall–Kier alpha value is -3.23. The first-order valence-corrected chi connectivity index (χ1v) is 12.1. The second kappa shape index (κ2) is 7.97. The smallest absolute Gasteiger partial charge is 0.263 e. The largest absolute Gasteiger partial charge is 0.381 e. The maximum absolute atomic E-state index is 14.9. The molecule has 6 rings (SSSR count). The molecule has 6 nitrogen and oxygen atoms in total. The number of carbonyl (C=O) groups is 1. The molecule has 4 aromatic rings. The predicted molar refractivity (Wildman–Crippen MR) is 133 cm³/mol. The van der Waals surface area contributed by atoms with Crippen LogP contribution < -0.4 is 20.9 Å². The van der Waals surface area contributed by atoms with Gasteiger partial charge >= 0.3 is 0 Å². The van der Waals surface area contributed by atoms with Gasteiger partial charge in [-0.05, 0) is 49.4 Å². The molecule has 8 heteroatoms. The van der Waals surface area contributed by atoms with Gasteiger partial charge in [-0.2, -0.15) is 0 Å². The molecular weight excluding hydrogens is 437 g/mol. The number of nitrogens with zero attached hydrogens (tertiary/aromatic N) is 2. The molecule has 0 radical (unpaired) electrons. The number of thiophene rings is 1. The molecular formula is C25H24FN5OS. The summed E-state index contributed by atoms with van der Waals surface area (Å²) in [6.07, 6.45) is 0. The number of piperazine rings is 1. The molecule has 1 amide bonds. The molecule has 0 unspecified atom stereocenters. The highest BCUT2D eigenvalue weighted by atomic mass is 32.1. The zero-order valence-electron chi connectivity index (χ0n) is 18.2. The molecule has 33 heavy (non-hydrogen) atoms. The zero-order chi connectivity index (χ0) is 22.5. The number of aromatic nitrogens is 1. The van der Waals surface area contributed by atoms with E-state index in [2.05, 4.69) is 20.9 Å². The minimum atomic E-state index is -0.279. The second-order valence-electron chi connectivity index (χ2n) is 8.66. The van der Waals surface area contributed by atoms with Crippen LogP contribution in [0.15, 0.2) is 42.5 Å². The van der Waals surface area contributed by atoms with E-state index in [1.807, 2.05) is 43.3 Å². The van der Waals surface area contributed by atoms with E-state index in [9.17, 15) is 9.18 Å². The van der Waals surface area contributed by atoms with Crippen molar-refractivity contribution in [1.82, 2.24) is 15.6 Å². The summed E-state index contributed by atoms with van der Waals surface area (Å²) in [5, 5.41) is 11.8. The van der Waals surface area contributed by atoms with E-state index in [1.54, 1.807) is 0 Å². The van der Waals surface area contributed by atoms with Crippen LogP contribution in [0.4, 0.5) is 15.8 Å². The Morgan fingerprint density at radius 2 is 1.97 bits per heavy atom. The van der Waals surface area contributed by atoms with Crippen molar-refractivity contribution in [2.75, 3.05) is 42.9 Å². The van der Waals surface area contributed by atoms with Crippen LogP contribution in [0.1, 0.15) is 16.6 Å². The van der Waals surface area contributed by atoms with Gasteiger partial charge in [0.2, 0.25) is 0 Å². The van der Waals surface area contributed by atoms with Crippen molar-refractivity contribution in [3.8, 4) is 11.3 Å². The lowest BCUT2D eigenvalue weighted by Gasteiger charge is -2.29. The SMILES string of the molecule is C[C@@H]1CNc2c(sc3ccc4nc(-c5cc(N6CCNCC6)ccc5F)ccc4c23)C(=O)N1. The number of hydrogen-bond donors (Lipinski definition) is 3. The van der Waals surface area contributed by atoms with Crippen molar-refractivity contribution >= 4 is 49.6 Å². The molecule has 168 valence electrons. The van der Waals surface area contributed by atoms with E-state index in [-0.39, 0.29) is 17.8 Å². The topological polar surface area (TPSA) is 69.3 Å². The third-order valence-electron chi connectivity index (χ3n) is 6.40. The molecule has 3 N–H and O–H groups in total. The van der Waals surface area contributed by atoms with Gasteiger partial charge in [0, 0.05) is 65.5 Å². The highest BCUT2D eigenvalue weighted by Crippen LogP contribution is 2.41. The third kappa shape index (κ3) is 3.50. The van der Waals surface area contributed by atoms with Gasteiger partial charge in [0.1, 0.15) is 10.7 Å². The Morgan fingerprint density at radius 3 is 2.82 bits per heavy atom. The zero-order valence-corrected chi connectivity index (χ0v) is 19.1. The summed E-state index contributed by atoms with van der Waals surface area (Å²) in [5.41, 5.74) is 3.77. The van der Waals surface area contributed by atoms with Gasteiger partial charge in [-0.15, -0.1) is 11.3 Å². The second-order valence-corrected chi connectivity index (χ2v) is 9.72. The molecule has 2 aliphatic rings. The summed E-state index contributed by atoms with van der Waals surface area (Å²) in [5.74, 6) is -0.327. The molecule has 1 fully saturated rings. The number of amides is 1. The summed E-state index contributed by atoms with van der Waals surface area (Å²) < 4.78 is 15.9. The Labute approximate surface area is 194 Å². The van der Waals surface area contributed by atoms with Crippen molar-refractivity contribution in [3.63, 3.8) is 0 Å². The van der Waals surface area contributed by atoms with Crippen molar-refractivity contribution < 1.29 is 9.18 Å². The fourth-order valence-corrected chi connectivity index (χ4v) is 5.80. The molecule has 0 saturated carbocycles. The van der Waals surface area contributed by atoms with Crippen molar-refractivity contribution in [1.29, 1.82) is 0 Å². The Balaban J connectivity index is 1.46. The number of nitrogens with one attached hydrogen (secondary N) is 3. The average Bonchev–Trinajstić information content (AvgIpc) is 3.16. The van der Waals surface area contributed by atoms with Gasteiger partial charge in [-0.1, -0.05) is 0 Å². The van der Waals surface area contributed by atoms with E-state index in [4.69, 9.17) is 4.98 Å². The van der Waals surface area contributed by atoms with E-state index in [0.717, 1.165) is 58.5 Å². The first-order valence-electron chi connectivity index (χ1n) is 11.2. The van der Waals surface area contributed by atoms with Gasteiger partial charge in [-0.3, -0.25) is 4.79 Å². The number of hydrogen-bond acceptors (Lipinski definition) is 6. The Morgan fingerprint density at radius 1 is 1.12 bits per heavy atom. The van der Waals surface area contributed by atoms with Crippen molar-refractivity contribution in [2.45, 2.75) is 13.0 Å². The van der Waals surface area contributed by atoms with Crippen LogP contribution in [-0.4, -0.2) is 49.7 Å². The lowest BCUT2D eigenvalue weighted by atomic mass is 10.0. The number of pyridine rings is 1. The van der Waals surface area contributed by atoms with E-state index in [1.165, 1.54) is 17.4 Å². The van der Waals surface area contributed by atoms with Crippen LogP contribution in [-0.2, 0) is 0 Å². The molecule has 2 aromatic carbocycles. The molecule has 0 bridgehead atoms. The maximum atomic E-state index is 14.9. The van der Waals surface area contributed by atoms with Crippen LogP contribution in [0, 0.1) is 5.82 Å². The third-order valence-corrected chi connectivity index (χ3v) is 7.55. The summed E-state index contributed by atoms with van der Waals surface area (Å²) in [7, 11) is 0. The minimum Gasteiger partial charge on any atom is -0.381 e. The highest BCUT2D eigenvalue weighted by Gasteiger charge is 2.25. The van der Waals surface area contributed by atoms with E-state index < -0.39 is 0 Å². The number of fused-ring (bicyclic) bond motifs is 5. The van der Waals surface area contributed by atoms with Crippen molar-refractivity contribution in [2.24, 2.45) is 0 Å². The minimum absolute atomic E-state index is 0.0479. The van der Waals surface area contributed by atoms with Crippen LogP contribution in [0.5, 0.6) is 0 Å². The first-order chi connectivity index (χ1) is 16.1. The lowest BCUT2D eigenvalue weighted by molar-refractivity contribution is 0.0949. The monoisotopic (exact) mass is 461 g/mol. The summed E-state index contributed by atoms with van der Waals surface area (Å²) in [6, 6.07) is 13.2. The van der Waals surface area contributed by atoms with Gasteiger partial charge in [0.25, 0.3) is 5.91 Å². The average molecular weight is 462 g/mol. The lowest BCUT2D eigenvalue weighted by Crippen LogP contribution is -2.43. The molecule has 1 saturated heterocycles. The standard InChI is InChI=1S/C25H24FN5OS/c1-14-13-28-23-22-16-3-5-20(30-19(16)6-7-21(22)33-24(23)25(32)29-14)17-12-15(2-4-18(17)26)31-10-8-27-9-11-31/h2-7,12,14,27-28H,8-11,13H2,1H3,(H,29,32)/t14-/m1/s1. The molecule has 2 aliphatic heterocycles. The van der Waals surface area contributed by atoms with Crippen molar-refractivity contribution in [3.05, 3.63) is 53.2 Å². The predicted octanol–water partition coefficient (Wildman–Crippen LogP) is 4.21.